The van der Waals surface area contributed by atoms with Crippen molar-refractivity contribution < 1.29 is 9.47 Å². The van der Waals surface area contributed by atoms with Gasteiger partial charge in [0.15, 0.2) is 5.96 Å². The average Bonchev–Trinajstić information content (AvgIpc) is 3.52. The van der Waals surface area contributed by atoms with E-state index < -0.39 is 0 Å². The van der Waals surface area contributed by atoms with Crippen molar-refractivity contribution in [1.82, 2.24) is 15.2 Å². The van der Waals surface area contributed by atoms with Gasteiger partial charge in [-0.25, -0.2) is 9.98 Å². The van der Waals surface area contributed by atoms with Gasteiger partial charge in [-0.15, -0.1) is 0 Å². The molecule has 0 radical (unpaired) electrons. The first-order valence-corrected chi connectivity index (χ1v) is 11.0. The molecule has 29 heavy (non-hydrogen) atoms. The van der Waals surface area contributed by atoms with Crippen molar-refractivity contribution in [1.29, 1.82) is 0 Å². The minimum Gasteiger partial charge on any atom is -0.379 e. The number of guanidine groups is 1. The summed E-state index contributed by atoms with van der Waals surface area (Å²) in [5.74, 6) is 2.72. The van der Waals surface area contributed by atoms with E-state index in [-0.39, 0.29) is 12.2 Å². The molecule has 1 saturated carbocycles. The Hall–Kier alpha value is -1.86. The van der Waals surface area contributed by atoms with Gasteiger partial charge in [0, 0.05) is 46.0 Å². The molecule has 7 heteroatoms. The third kappa shape index (κ3) is 7.16. The fourth-order valence-corrected chi connectivity index (χ4v) is 3.54. The van der Waals surface area contributed by atoms with Crippen molar-refractivity contribution in [2.75, 3.05) is 51.3 Å². The first kappa shape index (κ1) is 21.8. The number of hydrogen-bond acceptors (Lipinski definition) is 5. The molecule has 2 fully saturated rings. The van der Waals surface area contributed by atoms with E-state index in [0.717, 1.165) is 62.7 Å². The molecule has 0 aromatic carbocycles. The number of likely N-dealkylation sites (N-methyl/N-ethyl adjacent to an activating group) is 1. The van der Waals surface area contributed by atoms with Crippen LogP contribution in [0.15, 0.2) is 23.3 Å². The number of morpholine rings is 1. The minimum atomic E-state index is 0.233. The first-order valence-electron chi connectivity index (χ1n) is 11.0. The molecule has 2 heterocycles. The van der Waals surface area contributed by atoms with Gasteiger partial charge >= 0.3 is 0 Å². The van der Waals surface area contributed by atoms with Crippen molar-refractivity contribution in [2.45, 2.75) is 52.4 Å². The van der Waals surface area contributed by atoms with Gasteiger partial charge in [-0.05, 0) is 51.2 Å². The number of aromatic nitrogens is 1. The van der Waals surface area contributed by atoms with Crippen LogP contribution in [0, 0.1) is 5.92 Å². The zero-order valence-corrected chi connectivity index (χ0v) is 18.4. The summed E-state index contributed by atoms with van der Waals surface area (Å²) in [7, 11) is 2.06. The van der Waals surface area contributed by atoms with E-state index in [4.69, 9.17) is 14.5 Å². The molecule has 1 aliphatic carbocycles. The summed E-state index contributed by atoms with van der Waals surface area (Å²) in [6, 6.07) is 4.22. The standard InChI is InChI=1S/C22H37N5O2/c1-5-23-22(26(4)10-11-28-16-19-6-7-19)25-13-20-8-9-21(24-12-20)27-14-17(2)29-18(3)15-27/h8-9,12,17-19H,5-7,10-11,13-16H2,1-4H3,(H,23,25). The van der Waals surface area contributed by atoms with Crippen molar-refractivity contribution in [2.24, 2.45) is 10.9 Å². The van der Waals surface area contributed by atoms with Gasteiger partial charge < -0.3 is 24.6 Å². The van der Waals surface area contributed by atoms with E-state index in [9.17, 15) is 0 Å². The number of nitrogens with zero attached hydrogens (tertiary/aromatic N) is 4. The predicted octanol–water partition coefficient (Wildman–Crippen LogP) is 2.52. The molecule has 3 rings (SSSR count). The van der Waals surface area contributed by atoms with Gasteiger partial charge in [0.05, 0.1) is 25.4 Å². The topological polar surface area (TPSA) is 62.2 Å². The Morgan fingerprint density at radius 1 is 1.31 bits per heavy atom. The second kappa shape index (κ2) is 10.8. The van der Waals surface area contributed by atoms with Crippen LogP contribution in [0.3, 0.4) is 0 Å². The van der Waals surface area contributed by atoms with Crippen LogP contribution >= 0.6 is 0 Å². The maximum Gasteiger partial charge on any atom is 0.194 e. The lowest BCUT2D eigenvalue weighted by molar-refractivity contribution is -0.00545. The summed E-state index contributed by atoms with van der Waals surface area (Å²) in [6.07, 6.45) is 5.06. The molecular formula is C22H37N5O2. The molecule has 1 aliphatic heterocycles. The van der Waals surface area contributed by atoms with E-state index in [2.05, 4.69) is 60.1 Å². The number of aliphatic imine (C=N–C) groups is 1. The van der Waals surface area contributed by atoms with E-state index in [1.807, 2.05) is 6.20 Å². The van der Waals surface area contributed by atoms with Crippen LogP contribution in [0.25, 0.3) is 0 Å². The third-order valence-corrected chi connectivity index (χ3v) is 5.28. The fraction of sp³-hybridized carbons (Fsp3) is 0.727. The average molecular weight is 404 g/mol. The van der Waals surface area contributed by atoms with Gasteiger partial charge in [0.1, 0.15) is 5.82 Å². The van der Waals surface area contributed by atoms with Crippen LogP contribution in [0.5, 0.6) is 0 Å². The highest BCUT2D eigenvalue weighted by atomic mass is 16.5. The van der Waals surface area contributed by atoms with Crippen molar-refractivity contribution >= 4 is 11.8 Å². The van der Waals surface area contributed by atoms with E-state index >= 15 is 0 Å². The second-order valence-corrected chi connectivity index (χ2v) is 8.30. The molecule has 162 valence electrons. The summed E-state index contributed by atoms with van der Waals surface area (Å²) >= 11 is 0. The van der Waals surface area contributed by atoms with Crippen LogP contribution in [-0.4, -0.2) is 74.5 Å². The minimum absolute atomic E-state index is 0.233. The second-order valence-electron chi connectivity index (χ2n) is 8.30. The van der Waals surface area contributed by atoms with Crippen LogP contribution in [0.2, 0.25) is 0 Å². The molecule has 2 aliphatic rings. The molecule has 2 unspecified atom stereocenters. The SMILES string of the molecule is CCNC(=NCc1ccc(N2CC(C)OC(C)C2)nc1)N(C)CCOCC1CC1. The van der Waals surface area contributed by atoms with Gasteiger partial charge in [-0.1, -0.05) is 6.07 Å². The number of hydrogen-bond donors (Lipinski definition) is 1. The van der Waals surface area contributed by atoms with Crippen LogP contribution in [-0.2, 0) is 16.0 Å². The number of pyridine rings is 1. The summed E-state index contributed by atoms with van der Waals surface area (Å²) in [4.78, 5) is 13.9. The number of anilines is 1. The Kier molecular flexibility index (Phi) is 8.12. The zero-order chi connectivity index (χ0) is 20.6. The Bertz CT molecular complexity index is 637. The molecular weight excluding hydrogens is 366 g/mol. The lowest BCUT2D eigenvalue weighted by Crippen LogP contribution is -2.45. The van der Waals surface area contributed by atoms with Gasteiger partial charge in [0.2, 0.25) is 0 Å². The lowest BCUT2D eigenvalue weighted by Gasteiger charge is -2.36. The van der Waals surface area contributed by atoms with Crippen LogP contribution in [0.1, 0.15) is 39.2 Å². The molecule has 0 bridgehead atoms. The highest BCUT2D eigenvalue weighted by molar-refractivity contribution is 5.79. The Balaban J connectivity index is 1.51. The first-order chi connectivity index (χ1) is 14.0. The normalized spacial score (nSPS) is 22.6. The molecule has 7 nitrogen and oxygen atoms in total. The van der Waals surface area contributed by atoms with Crippen molar-refractivity contribution in [3.63, 3.8) is 0 Å². The molecule has 1 saturated heterocycles. The highest BCUT2D eigenvalue weighted by Crippen LogP contribution is 2.28. The number of rotatable bonds is 9. The van der Waals surface area contributed by atoms with Gasteiger partial charge in [-0.3, -0.25) is 0 Å². The smallest absolute Gasteiger partial charge is 0.194 e. The van der Waals surface area contributed by atoms with Crippen molar-refractivity contribution in [3.8, 4) is 0 Å². The molecule has 1 aromatic rings. The van der Waals surface area contributed by atoms with Crippen LogP contribution < -0.4 is 10.2 Å². The quantitative estimate of drug-likeness (QED) is 0.388. The Morgan fingerprint density at radius 2 is 2.07 bits per heavy atom. The summed E-state index contributed by atoms with van der Waals surface area (Å²) < 4.78 is 11.6. The largest absolute Gasteiger partial charge is 0.379 e. The van der Waals surface area contributed by atoms with E-state index in [0.29, 0.717) is 6.54 Å². The third-order valence-electron chi connectivity index (χ3n) is 5.28. The Morgan fingerprint density at radius 3 is 2.69 bits per heavy atom. The van der Waals surface area contributed by atoms with Gasteiger partial charge in [0.25, 0.3) is 0 Å². The molecule has 0 amide bonds. The number of nitrogens with one attached hydrogen (secondary N) is 1. The fourth-order valence-electron chi connectivity index (χ4n) is 3.54. The Labute approximate surface area is 175 Å². The predicted molar refractivity (Wildman–Crippen MR) is 117 cm³/mol. The summed E-state index contributed by atoms with van der Waals surface area (Å²) in [5, 5.41) is 3.37. The van der Waals surface area contributed by atoms with Gasteiger partial charge in [-0.2, -0.15) is 0 Å². The molecule has 1 N–H and O–H groups in total. The number of ether oxygens (including phenoxy) is 2. The van der Waals surface area contributed by atoms with E-state index in [1.165, 1.54) is 12.8 Å². The van der Waals surface area contributed by atoms with Crippen molar-refractivity contribution in [3.05, 3.63) is 23.9 Å². The monoisotopic (exact) mass is 403 g/mol. The van der Waals surface area contributed by atoms with Crippen LogP contribution in [0.4, 0.5) is 5.82 Å². The molecule has 2 atom stereocenters. The summed E-state index contributed by atoms with van der Waals surface area (Å²) in [6.45, 7) is 12.0. The molecule has 1 aromatic heterocycles. The maximum absolute atomic E-state index is 5.81. The van der Waals surface area contributed by atoms with E-state index in [1.54, 1.807) is 0 Å². The maximum atomic E-state index is 5.81. The zero-order valence-electron chi connectivity index (χ0n) is 18.4. The highest BCUT2D eigenvalue weighted by Gasteiger charge is 2.23. The molecule has 0 spiro atoms. The lowest BCUT2D eigenvalue weighted by atomic mass is 10.2. The summed E-state index contributed by atoms with van der Waals surface area (Å²) in [5.41, 5.74) is 1.11.